The van der Waals surface area contributed by atoms with Gasteiger partial charge in [-0.05, 0) is 66.7 Å². The van der Waals surface area contributed by atoms with Crippen LogP contribution in [0.15, 0.2) is 58.3 Å². The molecule has 2 rings (SSSR count). The third kappa shape index (κ3) is 4.93. The summed E-state index contributed by atoms with van der Waals surface area (Å²) in [5, 5.41) is -8.43. The summed E-state index contributed by atoms with van der Waals surface area (Å²) in [5.41, 5.74) is 1.89. The summed E-state index contributed by atoms with van der Waals surface area (Å²) in [4.78, 5) is 0.244. The SMILES string of the molecule is CCCc1ccc(SC(F)(F)C(F)(F)Sc2ccc(C)cc2)cc1. The van der Waals surface area contributed by atoms with Crippen molar-refractivity contribution in [2.24, 2.45) is 0 Å². The maximum atomic E-state index is 14.1. The molecule has 130 valence electrons. The highest BCUT2D eigenvalue weighted by Gasteiger charge is 2.58. The van der Waals surface area contributed by atoms with E-state index in [9.17, 15) is 17.6 Å². The fourth-order valence-electron chi connectivity index (χ4n) is 2.03. The second kappa shape index (κ2) is 7.83. The van der Waals surface area contributed by atoms with Gasteiger partial charge >= 0.3 is 10.5 Å². The third-order valence-electron chi connectivity index (χ3n) is 3.31. The fourth-order valence-corrected chi connectivity index (χ4v) is 3.66. The summed E-state index contributed by atoms with van der Waals surface area (Å²) in [5.74, 6) is 0. The standard InChI is InChI=1S/C18H18F4S2/c1-3-4-14-7-11-16(12-8-14)24-18(21,22)17(19,20)23-15-9-5-13(2)6-10-15/h5-12H,3-4H2,1-2H3. The lowest BCUT2D eigenvalue weighted by atomic mass is 10.1. The van der Waals surface area contributed by atoms with Crippen molar-refractivity contribution >= 4 is 23.5 Å². The molecule has 0 amide bonds. The molecule has 2 aromatic rings. The molecule has 0 N–H and O–H groups in total. The first-order chi connectivity index (χ1) is 11.2. The van der Waals surface area contributed by atoms with Crippen LogP contribution in [0.1, 0.15) is 24.5 Å². The van der Waals surface area contributed by atoms with Crippen molar-refractivity contribution in [3.05, 3.63) is 59.7 Å². The maximum absolute atomic E-state index is 14.1. The van der Waals surface area contributed by atoms with E-state index in [4.69, 9.17) is 0 Å². The summed E-state index contributed by atoms with van der Waals surface area (Å²) in [6.07, 6.45) is 1.77. The molecule has 0 aromatic heterocycles. The number of hydrogen-bond donors (Lipinski definition) is 0. The maximum Gasteiger partial charge on any atom is 0.370 e. The Balaban J connectivity index is 2.10. The summed E-state index contributed by atoms with van der Waals surface area (Å²) in [6, 6.07) is 12.4. The van der Waals surface area contributed by atoms with Crippen molar-refractivity contribution in [2.75, 3.05) is 0 Å². The minimum Gasteiger partial charge on any atom is -0.186 e. The van der Waals surface area contributed by atoms with Crippen LogP contribution in [0, 0.1) is 6.92 Å². The molecule has 0 fully saturated rings. The van der Waals surface area contributed by atoms with E-state index < -0.39 is 10.5 Å². The zero-order valence-electron chi connectivity index (χ0n) is 13.4. The molecule has 0 saturated heterocycles. The molecule has 0 aliphatic heterocycles. The van der Waals surface area contributed by atoms with E-state index in [1.54, 1.807) is 31.2 Å². The monoisotopic (exact) mass is 374 g/mol. The second-order valence-electron chi connectivity index (χ2n) is 5.44. The van der Waals surface area contributed by atoms with Crippen molar-refractivity contribution < 1.29 is 17.6 Å². The first-order valence-electron chi connectivity index (χ1n) is 7.53. The quantitative estimate of drug-likeness (QED) is 0.377. The molecule has 2 aromatic carbocycles. The van der Waals surface area contributed by atoms with Gasteiger partial charge in [-0.3, -0.25) is 0 Å². The average Bonchev–Trinajstić information content (AvgIpc) is 2.51. The molecule has 0 radical (unpaired) electrons. The third-order valence-corrected chi connectivity index (χ3v) is 5.48. The average molecular weight is 374 g/mol. The van der Waals surface area contributed by atoms with Crippen LogP contribution in [0.5, 0.6) is 0 Å². The second-order valence-corrected chi connectivity index (χ2v) is 7.82. The van der Waals surface area contributed by atoms with Gasteiger partial charge in [-0.1, -0.05) is 43.2 Å². The van der Waals surface area contributed by atoms with E-state index in [1.807, 2.05) is 6.92 Å². The van der Waals surface area contributed by atoms with Crippen molar-refractivity contribution in [3.8, 4) is 0 Å². The molecule has 0 unspecified atom stereocenters. The van der Waals surface area contributed by atoms with Crippen LogP contribution in [-0.2, 0) is 6.42 Å². The minimum atomic E-state index is -4.21. The fraction of sp³-hybridized carbons (Fsp3) is 0.333. The van der Waals surface area contributed by atoms with Crippen LogP contribution in [-0.4, -0.2) is 10.5 Å². The lowest BCUT2D eigenvalue weighted by Crippen LogP contribution is -2.34. The lowest BCUT2D eigenvalue weighted by Gasteiger charge is -2.25. The van der Waals surface area contributed by atoms with E-state index in [0.717, 1.165) is 24.0 Å². The van der Waals surface area contributed by atoms with Crippen LogP contribution in [0.25, 0.3) is 0 Å². The van der Waals surface area contributed by atoms with Gasteiger partial charge in [0.1, 0.15) is 0 Å². The zero-order chi connectivity index (χ0) is 17.8. The van der Waals surface area contributed by atoms with Gasteiger partial charge in [0.2, 0.25) is 0 Å². The van der Waals surface area contributed by atoms with E-state index in [-0.39, 0.29) is 33.3 Å². The lowest BCUT2D eigenvalue weighted by molar-refractivity contribution is -0.0834. The first kappa shape index (κ1) is 19.2. The normalized spacial score (nSPS) is 12.4. The van der Waals surface area contributed by atoms with E-state index in [1.165, 1.54) is 24.3 Å². The van der Waals surface area contributed by atoms with Crippen LogP contribution >= 0.6 is 23.5 Å². The predicted molar refractivity (Wildman–Crippen MR) is 93.2 cm³/mol. The van der Waals surface area contributed by atoms with Crippen molar-refractivity contribution in [3.63, 3.8) is 0 Å². The largest absolute Gasteiger partial charge is 0.370 e. The smallest absolute Gasteiger partial charge is 0.186 e. The Morgan fingerprint density at radius 1 is 0.750 bits per heavy atom. The zero-order valence-corrected chi connectivity index (χ0v) is 15.0. The Labute approximate surface area is 148 Å². The molecule has 24 heavy (non-hydrogen) atoms. The molecule has 0 bridgehead atoms. The number of rotatable bonds is 7. The molecule has 6 heteroatoms. The molecule has 0 aliphatic carbocycles. The van der Waals surface area contributed by atoms with Gasteiger partial charge in [0, 0.05) is 9.79 Å². The number of thioether (sulfide) groups is 2. The topological polar surface area (TPSA) is 0 Å². The van der Waals surface area contributed by atoms with Gasteiger partial charge in [-0.25, -0.2) is 0 Å². The Hall–Kier alpha value is -1.14. The van der Waals surface area contributed by atoms with E-state index in [2.05, 4.69) is 0 Å². The van der Waals surface area contributed by atoms with Crippen LogP contribution in [0.4, 0.5) is 17.6 Å². The van der Waals surface area contributed by atoms with Crippen LogP contribution in [0.2, 0.25) is 0 Å². The number of halogens is 4. The molecule has 0 saturated carbocycles. The van der Waals surface area contributed by atoms with Crippen LogP contribution < -0.4 is 0 Å². The van der Waals surface area contributed by atoms with Gasteiger partial charge < -0.3 is 0 Å². The summed E-state index contributed by atoms with van der Waals surface area (Å²) < 4.78 is 56.3. The Bertz CT molecular complexity index is 652. The number of hydrogen-bond acceptors (Lipinski definition) is 2. The molecule has 0 aliphatic rings. The predicted octanol–water partition coefficient (Wildman–Crippen LogP) is 7.02. The highest BCUT2D eigenvalue weighted by Crippen LogP contribution is 2.54. The van der Waals surface area contributed by atoms with Gasteiger partial charge in [0.15, 0.2) is 0 Å². The molecule has 0 heterocycles. The van der Waals surface area contributed by atoms with Gasteiger partial charge in [-0.15, -0.1) is 0 Å². The number of aryl methyl sites for hydroxylation is 2. The highest BCUT2D eigenvalue weighted by molar-refractivity contribution is 8.04. The summed E-state index contributed by atoms with van der Waals surface area (Å²) in [7, 11) is 0. The molecule has 0 atom stereocenters. The van der Waals surface area contributed by atoms with Crippen molar-refractivity contribution in [2.45, 2.75) is 47.0 Å². The molecular weight excluding hydrogens is 356 g/mol. The van der Waals surface area contributed by atoms with E-state index in [0.29, 0.717) is 0 Å². The summed E-state index contributed by atoms with van der Waals surface area (Å²) in [6.45, 7) is 3.82. The Morgan fingerprint density at radius 3 is 1.58 bits per heavy atom. The molecular formula is C18H18F4S2. The molecule has 0 nitrogen and oxygen atoms in total. The number of alkyl halides is 4. The van der Waals surface area contributed by atoms with Gasteiger partial charge in [0.25, 0.3) is 0 Å². The Morgan fingerprint density at radius 2 is 1.17 bits per heavy atom. The Kier molecular flexibility index (Phi) is 6.26. The van der Waals surface area contributed by atoms with Crippen molar-refractivity contribution in [1.29, 1.82) is 0 Å². The highest BCUT2D eigenvalue weighted by atomic mass is 32.2. The summed E-state index contributed by atoms with van der Waals surface area (Å²) >= 11 is -0.214. The van der Waals surface area contributed by atoms with Crippen LogP contribution in [0.3, 0.4) is 0 Å². The minimum absolute atomic E-state index is 0.102. The van der Waals surface area contributed by atoms with Gasteiger partial charge in [0.05, 0.1) is 0 Å². The first-order valence-corrected chi connectivity index (χ1v) is 9.16. The molecule has 0 spiro atoms. The van der Waals surface area contributed by atoms with E-state index >= 15 is 0 Å². The van der Waals surface area contributed by atoms with Crippen molar-refractivity contribution in [1.82, 2.24) is 0 Å². The number of benzene rings is 2. The van der Waals surface area contributed by atoms with Gasteiger partial charge in [-0.2, -0.15) is 17.6 Å².